The van der Waals surface area contributed by atoms with Crippen molar-refractivity contribution in [3.05, 3.63) is 59.8 Å². The number of nitrogens with one attached hydrogen (secondary N) is 1. The average molecular weight is 402 g/mol. The fourth-order valence-electron chi connectivity index (χ4n) is 4.05. The molecule has 1 aromatic heterocycles. The van der Waals surface area contributed by atoms with E-state index in [0.29, 0.717) is 0 Å². The summed E-state index contributed by atoms with van der Waals surface area (Å²) in [5, 5.41) is 4.01. The van der Waals surface area contributed by atoms with Crippen LogP contribution >= 0.6 is 0 Å². The molecule has 6 heteroatoms. The van der Waals surface area contributed by atoms with Crippen molar-refractivity contribution in [3.8, 4) is 5.75 Å². The molecule has 3 aromatic rings. The zero-order chi connectivity index (χ0) is 19.5. The van der Waals surface area contributed by atoms with Crippen molar-refractivity contribution in [2.75, 3.05) is 12.4 Å². The van der Waals surface area contributed by atoms with E-state index >= 15 is 0 Å². The maximum atomic E-state index is 12.2. The molecule has 4 rings (SSSR count). The average Bonchev–Trinajstić information content (AvgIpc) is 3.30. The van der Waals surface area contributed by atoms with Crippen LogP contribution in [-0.2, 0) is 18.2 Å². The molecule has 2 aromatic carbocycles. The van der Waals surface area contributed by atoms with Crippen LogP contribution in [0.25, 0.3) is 10.9 Å². The summed E-state index contributed by atoms with van der Waals surface area (Å²) in [6.45, 7) is 0. The largest absolute Gasteiger partial charge is 1.00 e. The molecular formula is C23H27N2NaO3. The Balaban J connectivity index is 0.00000160. The number of methoxy groups -OCH3 is 1. The number of nitrogens with zero attached hydrogens (tertiary/aromatic N) is 1. The number of ether oxygens (including phenoxy) is 2. The van der Waals surface area contributed by atoms with E-state index in [1.807, 2.05) is 43.4 Å². The Morgan fingerprint density at radius 1 is 1.17 bits per heavy atom. The number of hydrogen-bond acceptors (Lipinski definition) is 3. The van der Waals surface area contributed by atoms with Gasteiger partial charge in [0.05, 0.1) is 7.11 Å². The second-order valence-corrected chi connectivity index (χ2v) is 7.42. The quantitative estimate of drug-likeness (QED) is 0.667. The van der Waals surface area contributed by atoms with E-state index in [0.717, 1.165) is 60.0 Å². The van der Waals surface area contributed by atoms with E-state index in [1.165, 1.54) is 5.56 Å². The standard InChI is InChI=1S/C23H26N2O3.Na.H/c1-25-15-17(13-16-7-3-6-10-22(16)27-2)20-14-18(11-12-21(20)25)24-23(26)28-19-8-4-5-9-19;;/h3,6-7,10-12,14-15,19H,4-5,8-9,13H2,1-2H3,(H,24,26);;/q;+1;-1. The SMILES string of the molecule is COc1ccccc1Cc1cn(C)c2ccc(NC(=O)OC3CCCC3)cc12.[H-].[Na+]. The first-order valence-corrected chi connectivity index (χ1v) is 9.81. The molecule has 0 unspecified atom stereocenters. The molecule has 0 spiro atoms. The Hall–Kier alpha value is -1.95. The van der Waals surface area contributed by atoms with Crippen molar-refractivity contribution >= 4 is 22.7 Å². The molecule has 1 fully saturated rings. The summed E-state index contributed by atoms with van der Waals surface area (Å²) < 4.78 is 13.1. The van der Waals surface area contributed by atoms with Crippen LogP contribution in [0, 0.1) is 0 Å². The first-order chi connectivity index (χ1) is 13.6. The van der Waals surface area contributed by atoms with Gasteiger partial charge in [0.25, 0.3) is 0 Å². The fourth-order valence-corrected chi connectivity index (χ4v) is 4.05. The van der Waals surface area contributed by atoms with Gasteiger partial charge in [0.2, 0.25) is 0 Å². The number of hydrogen-bond donors (Lipinski definition) is 1. The Bertz CT molecular complexity index is 999. The van der Waals surface area contributed by atoms with Gasteiger partial charge in [-0.25, -0.2) is 4.79 Å². The van der Waals surface area contributed by atoms with Crippen LogP contribution in [-0.4, -0.2) is 23.9 Å². The van der Waals surface area contributed by atoms with Crippen LogP contribution in [0.3, 0.4) is 0 Å². The summed E-state index contributed by atoms with van der Waals surface area (Å²) >= 11 is 0. The molecule has 1 saturated carbocycles. The van der Waals surface area contributed by atoms with Crippen LogP contribution in [0.1, 0.15) is 38.2 Å². The first-order valence-electron chi connectivity index (χ1n) is 9.81. The van der Waals surface area contributed by atoms with Gasteiger partial charge in [0, 0.05) is 36.3 Å². The summed E-state index contributed by atoms with van der Waals surface area (Å²) in [6.07, 6.45) is 6.80. The molecule has 0 saturated heterocycles. The van der Waals surface area contributed by atoms with Crippen LogP contribution in [0.5, 0.6) is 5.75 Å². The van der Waals surface area contributed by atoms with Gasteiger partial charge in [-0.2, -0.15) is 0 Å². The maximum absolute atomic E-state index is 12.2. The van der Waals surface area contributed by atoms with Gasteiger partial charge in [-0.05, 0) is 61.1 Å². The second kappa shape index (κ2) is 9.70. The number of anilines is 1. The fraction of sp³-hybridized carbons (Fsp3) is 0.348. The zero-order valence-corrected chi connectivity index (χ0v) is 19.4. The zero-order valence-electron chi connectivity index (χ0n) is 18.4. The molecule has 148 valence electrons. The van der Waals surface area contributed by atoms with Crippen molar-refractivity contribution in [3.63, 3.8) is 0 Å². The predicted molar refractivity (Wildman–Crippen MR) is 112 cm³/mol. The number of amides is 1. The number of carbonyl (C=O) groups is 1. The number of aryl methyl sites for hydroxylation is 1. The minimum atomic E-state index is -0.367. The van der Waals surface area contributed by atoms with Crippen LogP contribution in [0.4, 0.5) is 10.5 Å². The van der Waals surface area contributed by atoms with Crippen molar-refractivity contribution in [2.45, 2.75) is 38.2 Å². The summed E-state index contributed by atoms with van der Waals surface area (Å²) in [4.78, 5) is 12.2. The molecule has 1 N–H and O–H groups in total. The maximum Gasteiger partial charge on any atom is 1.00 e. The van der Waals surface area contributed by atoms with E-state index in [2.05, 4.69) is 22.1 Å². The topological polar surface area (TPSA) is 52.5 Å². The van der Waals surface area contributed by atoms with Crippen molar-refractivity contribution in [1.29, 1.82) is 0 Å². The third-order valence-corrected chi connectivity index (χ3v) is 5.47. The molecule has 1 heterocycles. The smallest absolute Gasteiger partial charge is 1.00 e. The summed E-state index contributed by atoms with van der Waals surface area (Å²) in [7, 11) is 3.73. The molecule has 5 nitrogen and oxygen atoms in total. The first kappa shape index (κ1) is 21.8. The van der Waals surface area contributed by atoms with Crippen LogP contribution < -0.4 is 39.6 Å². The molecular weight excluding hydrogens is 375 g/mol. The molecule has 1 aliphatic rings. The van der Waals surface area contributed by atoms with E-state index < -0.39 is 0 Å². The third-order valence-electron chi connectivity index (χ3n) is 5.47. The second-order valence-electron chi connectivity index (χ2n) is 7.42. The summed E-state index contributed by atoms with van der Waals surface area (Å²) in [6, 6.07) is 14.0. The van der Waals surface area contributed by atoms with Gasteiger partial charge in [0.15, 0.2) is 0 Å². The molecule has 0 radical (unpaired) electrons. The molecule has 0 bridgehead atoms. The van der Waals surface area contributed by atoms with Crippen molar-refractivity contribution < 1.29 is 45.3 Å². The van der Waals surface area contributed by atoms with Gasteiger partial charge in [0.1, 0.15) is 11.9 Å². The molecule has 0 atom stereocenters. The number of aromatic nitrogens is 1. The molecule has 1 amide bonds. The van der Waals surface area contributed by atoms with E-state index in [4.69, 9.17) is 9.47 Å². The Kier molecular flexibility index (Phi) is 7.28. The third kappa shape index (κ3) is 4.97. The minimum absolute atomic E-state index is 0. The Labute approximate surface area is 195 Å². The Morgan fingerprint density at radius 3 is 2.69 bits per heavy atom. The van der Waals surface area contributed by atoms with Crippen molar-refractivity contribution in [2.24, 2.45) is 7.05 Å². The van der Waals surface area contributed by atoms with E-state index in [-0.39, 0.29) is 43.2 Å². The van der Waals surface area contributed by atoms with Gasteiger partial charge in [-0.1, -0.05) is 18.2 Å². The van der Waals surface area contributed by atoms with Gasteiger partial charge < -0.3 is 15.5 Å². The molecule has 1 aliphatic carbocycles. The summed E-state index contributed by atoms with van der Waals surface area (Å²) in [5.41, 5.74) is 4.20. The predicted octanol–water partition coefficient (Wildman–Crippen LogP) is 2.39. The van der Waals surface area contributed by atoms with E-state index in [9.17, 15) is 4.79 Å². The van der Waals surface area contributed by atoms with Gasteiger partial charge in [-0.3, -0.25) is 5.32 Å². The number of benzene rings is 2. The molecule has 0 aliphatic heterocycles. The summed E-state index contributed by atoms with van der Waals surface area (Å²) in [5.74, 6) is 0.883. The van der Waals surface area contributed by atoms with Crippen molar-refractivity contribution in [1.82, 2.24) is 4.57 Å². The normalized spacial score (nSPS) is 13.9. The number of rotatable bonds is 5. The van der Waals surface area contributed by atoms with Gasteiger partial charge >= 0.3 is 35.7 Å². The number of para-hydroxylation sites is 1. The Morgan fingerprint density at radius 2 is 1.93 bits per heavy atom. The van der Waals surface area contributed by atoms with E-state index in [1.54, 1.807) is 7.11 Å². The van der Waals surface area contributed by atoms with Crippen LogP contribution in [0.2, 0.25) is 0 Å². The molecule has 29 heavy (non-hydrogen) atoms. The number of carbonyl (C=O) groups excluding carboxylic acids is 1. The minimum Gasteiger partial charge on any atom is -1.00 e. The van der Waals surface area contributed by atoms with Crippen LogP contribution in [0.15, 0.2) is 48.7 Å². The number of fused-ring (bicyclic) bond motifs is 1. The monoisotopic (exact) mass is 402 g/mol. The van der Waals surface area contributed by atoms with Gasteiger partial charge in [-0.15, -0.1) is 0 Å².